The Bertz CT molecular complexity index is 771. The molecule has 0 unspecified atom stereocenters. The van der Waals surface area contributed by atoms with Gasteiger partial charge in [-0.2, -0.15) is 0 Å². The standard InChI is InChI=1S/C19H20N2O3/c1-13(2)24-19(23)15-7-5-6-14(10-15)12-21-17-9-4-3-8-16(17)20-11-18(21)22/h3-10,13,20H,11-12H2,1-2H3. The van der Waals surface area contributed by atoms with Crippen molar-refractivity contribution < 1.29 is 14.3 Å². The molecule has 24 heavy (non-hydrogen) atoms. The fraction of sp³-hybridized carbons (Fsp3) is 0.263. The van der Waals surface area contributed by atoms with Gasteiger partial charge in [0.2, 0.25) is 5.91 Å². The molecule has 3 rings (SSSR count). The maximum absolute atomic E-state index is 12.3. The number of nitrogens with zero attached hydrogens (tertiary/aromatic N) is 1. The van der Waals surface area contributed by atoms with Crippen LogP contribution in [-0.2, 0) is 16.1 Å². The van der Waals surface area contributed by atoms with Crippen LogP contribution in [0.1, 0.15) is 29.8 Å². The molecule has 5 heteroatoms. The number of benzene rings is 2. The summed E-state index contributed by atoms with van der Waals surface area (Å²) in [6, 6.07) is 14.9. The number of hydrogen-bond acceptors (Lipinski definition) is 4. The summed E-state index contributed by atoms with van der Waals surface area (Å²) in [4.78, 5) is 26.1. The smallest absolute Gasteiger partial charge is 0.338 e. The molecule has 0 aromatic heterocycles. The molecule has 1 aliphatic heterocycles. The van der Waals surface area contributed by atoms with Crippen LogP contribution in [0.25, 0.3) is 0 Å². The largest absolute Gasteiger partial charge is 0.459 e. The molecule has 0 atom stereocenters. The Morgan fingerprint density at radius 1 is 1.21 bits per heavy atom. The lowest BCUT2D eigenvalue weighted by atomic mass is 10.1. The Balaban J connectivity index is 1.84. The average molecular weight is 324 g/mol. The second-order valence-corrected chi connectivity index (χ2v) is 6.01. The first kappa shape index (κ1) is 16.1. The van der Waals surface area contributed by atoms with Crippen molar-refractivity contribution in [2.75, 3.05) is 16.8 Å². The SMILES string of the molecule is CC(C)OC(=O)c1cccc(CN2C(=O)CNc3ccccc32)c1. The van der Waals surface area contributed by atoms with Crippen LogP contribution in [0.2, 0.25) is 0 Å². The molecule has 0 radical (unpaired) electrons. The molecule has 1 heterocycles. The second kappa shape index (κ2) is 6.74. The van der Waals surface area contributed by atoms with E-state index < -0.39 is 0 Å². The lowest BCUT2D eigenvalue weighted by molar-refractivity contribution is -0.117. The fourth-order valence-electron chi connectivity index (χ4n) is 2.69. The first-order chi connectivity index (χ1) is 11.5. The highest BCUT2D eigenvalue weighted by molar-refractivity contribution is 6.02. The minimum absolute atomic E-state index is 0.00357. The van der Waals surface area contributed by atoms with Crippen LogP contribution in [0, 0.1) is 0 Å². The Hall–Kier alpha value is -2.82. The Kier molecular flexibility index (Phi) is 4.51. The van der Waals surface area contributed by atoms with E-state index in [9.17, 15) is 9.59 Å². The molecule has 1 N–H and O–H groups in total. The van der Waals surface area contributed by atoms with Gasteiger partial charge in [0, 0.05) is 0 Å². The number of carbonyl (C=O) groups excluding carboxylic acids is 2. The number of esters is 1. The minimum atomic E-state index is -0.348. The number of fused-ring (bicyclic) bond motifs is 1. The van der Waals surface area contributed by atoms with Crippen molar-refractivity contribution in [1.29, 1.82) is 0 Å². The summed E-state index contributed by atoms with van der Waals surface area (Å²) >= 11 is 0. The molecule has 0 bridgehead atoms. The van der Waals surface area contributed by atoms with Crippen LogP contribution < -0.4 is 10.2 Å². The maximum atomic E-state index is 12.3. The average Bonchev–Trinajstić information content (AvgIpc) is 2.57. The van der Waals surface area contributed by atoms with Crippen molar-refractivity contribution in [3.8, 4) is 0 Å². The Morgan fingerprint density at radius 3 is 2.79 bits per heavy atom. The molecule has 5 nitrogen and oxygen atoms in total. The van der Waals surface area contributed by atoms with Crippen LogP contribution in [0.5, 0.6) is 0 Å². The van der Waals surface area contributed by atoms with E-state index in [1.165, 1.54) is 0 Å². The summed E-state index contributed by atoms with van der Waals surface area (Å²) in [6.45, 7) is 4.32. The number of rotatable bonds is 4. The normalized spacial score (nSPS) is 13.5. The molecule has 0 aliphatic carbocycles. The van der Waals surface area contributed by atoms with E-state index in [0.717, 1.165) is 16.9 Å². The lowest BCUT2D eigenvalue weighted by Crippen LogP contribution is -2.39. The maximum Gasteiger partial charge on any atom is 0.338 e. The van der Waals surface area contributed by atoms with Gasteiger partial charge in [-0.25, -0.2) is 4.79 Å². The number of hydrogen-bond donors (Lipinski definition) is 1. The van der Waals surface area contributed by atoms with Crippen LogP contribution >= 0.6 is 0 Å². The number of amides is 1. The van der Waals surface area contributed by atoms with Gasteiger partial charge in [0.05, 0.1) is 36.1 Å². The van der Waals surface area contributed by atoms with Crippen LogP contribution in [-0.4, -0.2) is 24.5 Å². The molecule has 0 saturated heterocycles. The molecule has 0 spiro atoms. The molecule has 0 saturated carbocycles. The quantitative estimate of drug-likeness (QED) is 0.877. The topological polar surface area (TPSA) is 58.6 Å². The van der Waals surface area contributed by atoms with E-state index in [0.29, 0.717) is 12.1 Å². The molecule has 0 fully saturated rings. The second-order valence-electron chi connectivity index (χ2n) is 6.01. The van der Waals surface area contributed by atoms with Gasteiger partial charge < -0.3 is 15.0 Å². The predicted octanol–water partition coefficient (Wildman–Crippen LogP) is 3.21. The van der Waals surface area contributed by atoms with Gasteiger partial charge in [-0.3, -0.25) is 4.79 Å². The van der Waals surface area contributed by atoms with Crippen molar-refractivity contribution in [2.24, 2.45) is 0 Å². The molecule has 1 aliphatic rings. The lowest BCUT2D eigenvalue weighted by Gasteiger charge is -2.30. The summed E-state index contributed by atoms with van der Waals surface area (Å²) in [5, 5.41) is 3.11. The number of para-hydroxylation sites is 2. The number of carbonyl (C=O) groups is 2. The van der Waals surface area contributed by atoms with Crippen LogP contribution in [0.15, 0.2) is 48.5 Å². The number of anilines is 2. The van der Waals surface area contributed by atoms with Gasteiger partial charge in [0.25, 0.3) is 0 Å². The van der Waals surface area contributed by atoms with E-state index in [4.69, 9.17) is 4.74 Å². The van der Waals surface area contributed by atoms with Crippen molar-refractivity contribution in [3.63, 3.8) is 0 Å². The molecular formula is C19H20N2O3. The molecule has 1 amide bonds. The molecule has 124 valence electrons. The highest BCUT2D eigenvalue weighted by Crippen LogP contribution is 2.30. The number of ether oxygens (including phenoxy) is 1. The zero-order chi connectivity index (χ0) is 17.1. The predicted molar refractivity (Wildman–Crippen MR) is 93.1 cm³/mol. The summed E-state index contributed by atoms with van der Waals surface area (Å²) in [5.74, 6) is -0.345. The van der Waals surface area contributed by atoms with Crippen molar-refractivity contribution in [3.05, 3.63) is 59.7 Å². The van der Waals surface area contributed by atoms with E-state index in [1.807, 2.05) is 50.2 Å². The van der Waals surface area contributed by atoms with Gasteiger partial charge in [0.1, 0.15) is 0 Å². The highest BCUT2D eigenvalue weighted by Gasteiger charge is 2.23. The molecular weight excluding hydrogens is 304 g/mol. The first-order valence-electron chi connectivity index (χ1n) is 7.98. The Labute approximate surface area is 141 Å². The van der Waals surface area contributed by atoms with Gasteiger partial charge in [-0.1, -0.05) is 24.3 Å². The summed E-state index contributed by atoms with van der Waals surface area (Å²) in [6.07, 6.45) is -0.164. The van der Waals surface area contributed by atoms with Gasteiger partial charge in [0.15, 0.2) is 0 Å². The zero-order valence-corrected chi connectivity index (χ0v) is 13.8. The van der Waals surface area contributed by atoms with E-state index >= 15 is 0 Å². The number of nitrogens with one attached hydrogen (secondary N) is 1. The van der Waals surface area contributed by atoms with E-state index in [2.05, 4.69) is 5.32 Å². The fourth-order valence-corrected chi connectivity index (χ4v) is 2.69. The van der Waals surface area contributed by atoms with Gasteiger partial charge in [-0.05, 0) is 43.7 Å². The van der Waals surface area contributed by atoms with Crippen molar-refractivity contribution >= 4 is 23.3 Å². The summed E-state index contributed by atoms with van der Waals surface area (Å²) in [7, 11) is 0. The third kappa shape index (κ3) is 3.40. The highest BCUT2D eigenvalue weighted by atomic mass is 16.5. The van der Waals surface area contributed by atoms with Crippen molar-refractivity contribution in [2.45, 2.75) is 26.5 Å². The third-order valence-electron chi connectivity index (χ3n) is 3.77. The van der Waals surface area contributed by atoms with Crippen molar-refractivity contribution in [1.82, 2.24) is 0 Å². The van der Waals surface area contributed by atoms with E-state index in [-0.39, 0.29) is 24.5 Å². The monoisotopic (exact) mass is 324 g/mol. The molecule has 2 aromatic rings. The van der Waals surface area contributed by atoms with Crippen LogP contribution in [0.4, 0.5) is 11.4 Å². The minimum Gasteiger partial charge on any atom is -0.459 e. The van der Waals surface area contributed by atoms with Gasteiger partial charge in [-0.15, -0.1) is 0 Å². The first-order valence-corrected chi connectivity index (χ1v) is 7.98. The Morgan fingerprint density at radius 2 is 2.00 bits per heavy atom. The van der Waals surface area contributed by atoms with E-state index in [1.54, 1.807) is 17.0 Å². The summed E-state index contributed by atoms with van der Waals surface area (Å²) < 4.78 is 5.23. The van der Waals surface area contributed by atoms with Gasteiger partial charge >= 0.3 is 5.97 Å². The zero-order valence-electron chi connectivity index (χ0n) is 13.8. The summed E-state index contributed by atoms with van der Waals surface area (Å²) in [5.41, 5.74) is 3.17. The third-order valence-corrected chi connectivity index (χ3v) is 3.77. The molecule has 2 aromatic carbocycles. The van der Waals surface area contributed by atoms with Crippen LogP contribution in [0.3, 0.4) is 0 Å².